The van der Waals surface area contributed by atoms with Gasteiger partial charge in [0.2, 0.25) is 0 Å². The Bertz CT molecular complexity index is 481. The van der Waals surface area contributed by atoms with Gasteiger partial charge in [-0.2, -0.15) is 0 Å². The van der Waals surface area contributed by atoms with Gasteiger partial charge in [0.15, 0.2) is 0 Å². The van der Waals surface area contributed by atoms with E-state index in [-0.39, 0.29) is 10.6 Å². The van der Waals surface area contributed by atoms with E-state index >= 15 is 0 Å². The molecule has 4 nitrogen and oxygen atoms in total. The molecule has 4 heteroatoms. The van der Waals surface area contributed by atoms with Crippen molar-refractivity contribution in [2.45, 2.75) is 64.7 Å². The van der Waals surface area contributed by atoms with Crippen LogP contribution in [0.4, 0.5) is 5.69 Å². The number of nitro benzene ring substituents is 1. The normalized spacial score (nSPS) is 15.7. The minimum Gasteiger partial charge on any atom is -0.493 e. The number of nitrogens with zero attached hydrogens (tertiary/aromatic N) is 1. The van der Waals surface area contributed by atoms with Crippen molar-refractivity contribution >= 4 is 5.69 Å². The molecule has 1 fully saturated rings. The molecular formula is C18H27NO3. The first-order chi connectivity index (χ1) is 10.7. The fraction of sp³-hybridized carbons (Fsp3) is 0.667. The highest BCUT2D eigenvalue weighted by Gasteiger charge is 2.18. The SMILES string of the molecule is CCCCOc1ccc(CCC2CCCCC2)c([N+](=O)[O-])c1. The summed E-state index contributed by atoms with van der Waals surface area (Å²) >= 11 is 0. The second-order valence-electron chi connectivity index (χ2n) is 6.29. The smallest absolute Gasteiger partial charge is 0.276 e. The van der Waals surface area contributed by atoms with Crippen molar-refractivity contribution in [2.75, 3.05) is 6.61 Å². The lowest BCUT2D eigenvalue weighted by Crippen LogP contribution is -2.08. The number of unbranched alkanes of at least 4 members (excludes halogenated alkanes) is 1. The summed E-state index contributed by atoms with van der Waals surface area (Å²) in [5.41, 5.74) is 1.06. The van der Waals surface area contributed by atoms with E-state index in [0.717, 1.165) is 37.2 Å². The van der Waals surface area contributed by atoms with Crippen molar-refractivity contribution in [2.24, 2.45) is 5.92 Å². The Morgan fingerprint density at radius 3 is 2.73 bits per heavy atom. The molecule has 1 aliphatic rings. The fourth-order valence-electron chi connectivity index (χ4n) is 3.18. The van der Waals surface area contributed by atoms with Gasteiger partial charge in [-0.05, 0) is 37.3 Å². The number of rotatable bonds is 8. The molecule has 0 radical (unpaired) electrons. The molecule has 0 aromatic heterocycles. The topological polar surface area (TPSA) is 52.4 Å². The molecule has 1 aliphatic carbocycles. The van der Waals surface area contributed by atoms with Crippen molar-refractivity contribution in [1.29, 1.82) is 0 Å². The van der Waals surface area contributed by atoms with Gasteiger partial charge in [0.05, 0.1) is 17.6 Å². The largest absolute Gasteiger partial charge is 0.493 e. The van der Waals surface area contributed by atoms with E-state index in [9.17, 15) is 10.1 Å². The molecule has 0 aliphatic heterocycles. The maximum absolute atomic E-state index is 11.3. The zero-order chi connectivity index (χ0) is 15.8. The summed E-state index contributed by atoms with van der Waals surface area (Å²) in [5.74, 6) is 1.36. The molecule has 2 rings (SSSR count). The third-order valence-electron chi connectivity index (χ3n) is 4.57. The van der Waals surface area contributed by atoms with Crippen molar-refractivity contribution < 1.29 is 9.66 Å². The second-order valence-corrected chi connectivity index (χ2v) is 6.29. The molecule has 0 saturated heterocycles. The molecule has 0 atom stereocenters. The highest BCUT2D eigenvalue weighted by atomic mass is 16.6. The van der Waals surface area contributed by atoms with Crippen LogP contribution in [-0.2, 0) is 6.42 Å². The molecule has 22 heavy (non-hydrogen) atoms. The molecule has 1 aromatic rings. The van der Waals surface area contributed by atoms with Crippen LogP contribution in [0.5, 0.6) is 5.75 Å². The second kappa shape index (κ2) is 8.76. The summed E-state index contributed by atoms with van der Waals surface area (Å²) in [7, 11) is 0. The Kier molecular flexibility index (Phi) is 6.69. The van der Waals surface area contributed by atoms with E-state index in [4.69, 9.17) is 4.74 Å². The first-order valence-corrected chi connectivity index (χ1v) is 8.60. The number of hydrogen-bond donors (Lipinski definition) is 0. The number of nitro groups is 1. The maximum Gasteiger partial charge on any atom is 0.276 e. The lowest BCUT2D eigenvalue weighted by Gasteiger charge is -2.21. The van der Waals surface area contributed by atoms with Crippen LogP contribution in [0.2, 0.25) is 0 Å². The lowest BCUT2D eigenvalue weighted by atomic mass is 9.85. The van der Waals surface area contributed by atoms with E-state index in [0.29, 0.717) is 12.4 Å². The van der Waals surface area contributed by atoms with Gasteiger partial charge >= 0.3 is 0 Å². The fourth-order valence-corrected chi connectivity index (χ4v) is 3.18. The molecule has 122 valence electrons. The average Bonchev–Trinajstić information content (AvgIpc) is 2.54. The van der Waals surface area contributed by atoms with Crippen molar-refractivity contribution in [3.8, 4) is 5.75 Å². The molecule has 1 aromatic carbocycles. The Hall–Kier alpha value is -1.58. The summed E-state index contributed by atoms with van der Waals surface area (Å²) in [6.07, 6.45) is 10.4. The lowest BCUT2D eigenvalue weighted by molar-refractivity contribution is -0.385. The molecule has 0 N–H and O–H groups in total. The number of ether oxygens (including phenoxy) is 1. The average molecular weight is 305 g/mol. The van der Waals surface area contributed by atoms with Crippen LogP contribution in [0, 0.1) is 16.0 Å². The van der Waals surface area contributed by atoms with Crippen LogP contribution in [0.15, 0.2) is 18.2 Å². The van der Waals surface area contributed by atoms with Crippen LogP contribution in [-0.4, -0.2) is 11.5 Å². The maximum atomic E-state index is 11.3. The predicted octanol–water partition coefficient (Wildman–Crippen LogP) is 5.29. The molecule has 0 heterocycles. The highest BCUT2D eigenvalue weighted by molar-refractivity contribution is 5.46. The van der Waals surface area contributed by atoms with E-state index < -0.39 is 0 Å². The highest BCUT2D eigenvalue weighted by Crippen LogP contribution is 2.31. The number of aryl methyl sites for hydroxylation is 1. The first-order valence-electron chi connectivity index (χ1n) is 8.60. The zero-order valence-corrected chi connectivity index (χ0v) is 13.6. The van der Waals surface area contributed by atoms with Gasteiger partial charge in [-0.15, -0.1) is 0 Å². The van der Waals surface area contributed by atoms with E-state index in [1.165, 1.54) is 32.1 Å². The van der Waals surface area contributed by atoms with E-state index in [1.807, 2.05) is 12.1 Å². The minimum absolute atomic E-state index is 0.213. The van der Waals surface area contributed by atoms with Gasteiger partial charge in [-0.3, -0.25) is 10.1 Å². The third kappa shape index (κ3) is 5.00. The monoisotopic (exact) mass is 305 g/mol. The molecule has 1 saturated carbocycles. The summed E-state index contributed by atoms with van der Waals surface area (Å²) in [6, 6.07) is 5.34. The Morgan fingerprint density at radius 1 is 1.27 bits per heavy atom. The first kappa shape index (κ1) is 16.8. The number of hydrogen-bond acceptors (Lipinski definition) is 3. The van der Waals surface area contributed by atoms with Gasteiger partial charge in [0.1, 0.15) is 5.75 Å². The Labute approximate surface area is 133 Å². The molecule has 0 unspecified atom stereocenters. The zero-order valence-electron chi connectivity index (χ0n) is 13.6. The Balaban J connectivity index is 1.98. The minimum atomic E-state index is -0.275. The summed E-state index contributed by atoms with van der Waals surface area (Å²) in [5, 5.41) is 11.3. The van der Waals surface area contributed by atoms with Crippen molar-refractivity contribution in [3.63, 3.8) is 0 Å². The van der Waals surface area contributed by atoms with E-state index in [1.54, 1.807) is 6.07 Å². The van der Waals surface area contributed by atoms with E-state index in [2.05, 4.69) is 6.92 Å². The number of benzene rings is 1. The Morgan fingerprint density at radius 2 is 2.05 bits per heavy atom. The van der Waals surface area contributed by atoms with Crippen LogP contribution < -0.4 is 4.74 Å². The molecular weight excluding hydrogens is 278 g/mol. The van der Waals surface area contributed by atoms with Gasteiger partial charge in [0.25, 0.3) is 5.69 Å². The summed E-state index contributed by atoms with van der Waals surface area (Å²) in [4.78, 5) is 11.0. The molecule has 0 spiro atoms. The third-order valence-corrected chi connectivity index (χ3v) is 4.57. The summed E-state index contributed by atoms with van der Waals surface area (Å²) < 4.78 is 5.58. The standard InChI is InChI=1S/C18H27NO3/c1-2-3-13-22-17-12-11-16(18(14-17)19(20)21)10-9-15-7-5-4-6-8-15/h11-12,14-15H,2-10,13H2,1H3. The van der Waals surface area contributed by atoms with Crippen molar-refractivity contribution in [3.05, 3.63) is 33.9 Å². The van der Waals surface area contributed by atoms with Gasteiger partial charge in [-0.1, -0.05) is 45.4 Å². The van der Waals surface area contributed by atoms with Crippen LogP contribution in [0.1, 0.15) is 63.9 Å². The van der Waals surface area contributed by atoms with Gasteiger partial charge in [-0.25, -0.2) is 0 Å². The van der Waals surface area contributed by atoms with Crippen LogP contribution >= 0.6 is 0 Å². The van der Waals surface area contributed by atoms with Crippen molar-refractivity contribution in [1.82, 2.24) is 0 Å². The summed E-state index contributed by atoms with van der Waals surface area (Å²) in [6.45, 7) is 2.72. The van der Waals surface area contributed by atoms with Crippen LogP contribution in [0.3, 0.4) is 0 Å². The van der Waals surface area contributed by atoms with Gasteiger partial charge < -0.3 is 4.74 Å². The molecule has 0 amide bonds. The quantitative estimate of drug-likeness (QED) is 0.372. The van der Waals surface area contributed by atoms with Crippen LogP contribution in [0.25, 0.3) is 0 Å². The predicted molar refractivity (Wildman–Crippen MR) is 88.4 cm³/mol. The molecule has 0 bridgehead atoms. The van der Waals surface area contributed by atoms with Gasteiger partial charge in [0, 0.05) is 5.56 Å².